The third kappa shape index (κ3) is 4.84. The van der Waals surface area contributed by atoms with Crippen LogP contribution in [0.4, 0.5) is 0 Å². The number of amides is 1. The van der Waals surface area contributed by atoms with Crippen molar-refractivity contribution in [3.63, 3.8) is 0 Å². The molecule has 2 unspecified atom stereocenters. The highest BCUT2D eigenvalue weighted by molar-refractivity contribution is 8.26. The molecule has 1 aromatic carbocycles. The molecule has 5 nitrogen and oxygen atoms in total. The van der Waals surface area contributed by atoms with Crippen LogP contribution in [-0.2, 0) is 16.1 Å². The Labute approximate surface area is 198 Å². The van der Waals surface area contributed by atoms with Crippen molar-refractivity contribution >= 4 is 40.2 Å². The summed E-state index contributed by atoms with van der Waals surface area (Å²) in [6.07, 6.45) is 10.5. The third-order valence-electron chi connectivity index (χ3n) is 6.48. The summed E-state index contributed by atoms with van der Waals surface area (Å²) in [6, 6.07) is 11.2. The highest BCUT2D eigenvalue weighted by atomic mass is 32.2. The molecule has 2 aliphatic heterocycles. The summed E-state index contributed by atoms with van der Waals surface area (Å²) >= 11 is 6.51. The van der Waals surface area contributed by atoms with Crippen molar-refractivity contribution in [2.45, 2.75) is 51.6 Å². The molecule has 1 N–H and O–H groups in total. The first-order valence-corrected chi connectivity index (χ1v) is 12.3. The number of hydrogen-bond acceptors (Lipinski definition) is 5. The summed E-state index contributed by atoms with van der Waals surface area (Å²) in [4.78, 5) is 27.9. The number of nitrogens with zero attached hydrogens (tertiary/aromatic N) is 2. The van der Waals surface area contributed by atoms with Gasteiger partial charge in [-0.25, -0.2) is 0 Å². The maximum absolute atomic E-state index is 12.5. The number of carboxylic acid groups (broad SMARTS) is 1. The summed E-state index contributed by atoms with van der Waals surface area (Å²) < 4.78 is 0.433. The molecular weight excluding hydrogens is 440 g/mol. The second kappa shape index (κ2) is 10.0. The number of fused-ring (bicyclic) bond motifs is 1. The van der Waals surface area contributed by atoms with Crippen molar-refractivity contribution in [1.29, 1.82) is 0 Å². The third-order valence-corrected chi connectivity index (χ3v) is 7.91. The van der Waals surface area contributed by atoms with Gasteiger partial charge in [-0.2, -0.15) is 0 Å². The zero-order chi connectivity index (χ0) is 22.7. The van der Waals surface area contributed by atoms with E-state index in [1.807, 2.05) is 6.08 Å². The zero-order valence-electron chi connectivity index (χ0n) is 18.2. The molecule has 168 valence electrons. The van der Waals surface area contributed by atoms with Crippen LogP contribution in [-0.4, -0.2) is 43.7 Å². The first kappa shape index (κ1) is 22.8. The second-order valence-electron chi connectivity index (χ2n) is 8.46. The van der Waals surface area contributed by atoms with Gasteiger partial charge in [0.05, 0.1) is 11.3 Å². The Kier molecular flexibility index (Phi) is 7.16. The van der Waals surface area contributed by atoms with E-state index in [-0.39, 0.29) is 18.9 Å². The minimum Gasteiger partial charge on any atom is -0.481 e. The molecule has 0 bridgehead atoms. The molecule has 2 fully saturated rings. The van der Waals surface area contributed by atoms with Gasteiger partial charge in [-0.1, -0.05) is 72.9 Å². The average Bonchev–Trinajstić information content (AvgIpc) is 3.42. The quantitative estimate of drug-likeness (QED) is 0.423. The van der Waals surface area contributed by atoms with E-state index in [0.717, 1.165) is 6.54 Å². The van der Waals surface area contributed by atoms with Crippen LogP contribution >= 0.6 is 24.0 Å². The predicted octanol–water partition coefficient (Wildman–Crippen LogP) is 5.11. The van der Waals surface area contributed by atoms with E-state index in [1.165, 1.54) is 52.8 Å². The lowest BCUT2D eigenvalue weighted by atomic mass is 9.98. The molecule has 2 atom stereocenters. The Balaban J connectivity index is 1.43. The number of hydrogen-bond donors (Lipinski definition) is 1. The van der Waals surface area contributed by atoms with Gasteiger partial charge >= 0.3 is 5.97 Å². The smallest absolute Gasteiger partial charge is 0.305 e. The Morgan fingerprint density at radius 1 is 1.28 bits per heavy atom. The highest BCUT2D eigenvalue weighted by Gasteiger charge is 2.40. The molecular formula is C25H28N2O3S2. The summed E-state index contributed by atoms with van der Waals surface area (Å²) in [5.41, 5.74) is 4.11. The van der Waals surface area contributed by atoms with Gasteiger partial charge < -0.3 is 10.0 Å². The number of thioether (sulfide) groups is 1. The normalized spacial score (nSPS) is 24.5. The van der Waals surface area contributed by atoms with Crippen molar-refractivity contribution in [2.24, 2.45) is 5.92 Å². The summed E-state index contributed by atoms with van der Waals surface area (Å²) in [6.45, 7) is 3.30. The minimum absolute atomic E-state index is 0.105. The highest BCUT2D eigenvalue weighted by Crippen LogP contribution is 2.45. The van der Waals surface area contributed by atoms with Crippen LogP contribution in [0.1, 0.15) is 44.6 Å². The van der Waals surface area contributed by atoms with Crippen LogP contribution in [0.2, 0.25) is 0 Å². The second-order valence-corrected chi connectivity index (χ2v) is 10.1. The number of aliphatic carboxylic acids is 1. The lowest BCUT2D eigenvalue weighted by Crippen LogP contribution is -2.30. The number of carbonyl (C=O) groups excluding carboxylic acids is 1. The van der Waals surface area contributed by atoms with E-state index in [0.29, 0.717) is 27.6 Å². The Morgan fingerprint density at radius 2 is 2.06 bits per heavy atom. The summed E-state index contributed by atoms with van der Waals surface area (Å²) in [7, 11) is 0. The maximum atomic E-state index is 12.5. The van der Waals surface area contributed by atoms with Crippen LogP contribution < -0.4 is 0 Å². The van der Waals surface area contributed by atoms with Crippen LogP contribution in [0.15, 0.2) is 64.7 Å². The molecule has 4 rings (SSSR count). The van der Waals surface area contributed by atoms with Gasteiger partial charge in [-0.15, -0.1) is 0 Å². The van der Waals surface area contributed by atoms with Gasteiger partial charge in [0, 0.05) is 30.7 Å². The van der Waals surface area contributed by atoms with Crippen molar-refractivity contribution in [1.82, 2.24) is 9.80 Å². The standard InChI is InChI=1S/C25H28N2O3S2/c1-17-19-10-7-12-21(19)27(16-18-8-3-2-4-9-18)20(17)11-5-6-13-22-24(30)26(25(31)32-22)15-14-23(28)29/h2-5,8-9,11,13,19,21H,6-7,10,12,14-16H2,1H3,(H,28,29)/b11-5-,22-13+. The molecule has 7 heteroatoms. The minimum atomic E-state index is -0.934. The fourth-order valence-corrected chi connectivity index (χ4v) is 6.21. The summed E-state index contributed by atoms with van der Waals surface area (Å²) in [5, 5.41) is 8.86. The van der Waals surface area contributed by atoms with Gasteiger partial charge in [0.25, 0.3) is 5.91 Å². The Hall–Kier alpha value is -2.38. The molecule has 1 saturated heterocycles. The lowest BCUT2D eigenvalue weighted by molar-refractivity contribution is -0.137. The maximum Gasteiger partial charge on any atom is 0.305 e. The van der Waals surface area contributed by atoms with E-state index in [1.54, 1.807) is 0 Å². The van der Waals surface area contributed by atoms with E-state index in [9.17, 15) is 9.59 Å². The molecule has 32 heavy (non-hydrogen) atoms. The fourth-order valence-electron chi connectivity index (χ4n) is 4.92. The molecule has 3 aliphatic rings. The SMILES string of the molecule is CC1=C(/C=C\C/C=C2/SC(=S)N(CCC(=O)O)C2=O)N(Cc2ccccc2)C2CCCC12. The van der Waals surface area contributed by atoms with Crippen molar-refractivity contribution in [2.75, 3.05) is 6.54 Å². The molecule has 0 spiro atoms. The van der Waals surface area contributed by atoms with E-state index in [2.05, 4.69) is 54.3 Å². The first-order chi connectivity index (χ1) is 15.5. The topological polar surface area (TPSA) is 60.9 Å². The van der Waals surface area contributed by atoms with Gasteiger partial charge in [0.1, 0.15) is 4.32 Å². The van der Waals surface area contributed by atoms with Crippen molar-refractivity contribution < 1.29 is 14.7 Å². The van der Waals surface area contributed by atoms with Crippen LogP contribution in [0.3, 0.4) is 0 Å². The number of rotatable bonds is 8. The molecule has 1 aromatic rings. The van der Waals surface area contributed by atoms with Gasteiger partial charge in [-0.3, -0.25) is 14.5 Å². The van der Waals surface area contributed by atoms with E-state index >= 15 is 0 Å². The lowest BCUT2D eigenvalue weighted by Gasteiger charge is -2.28. The molecule has 1 saturated carbocycles. The monoisotopic (exact) mass is 468 g/mol. The van der Waals surface area contributed by atoms with Crippen LogP contribution in [0, 0.1) is 5.92 Å². The number of thiocarbonyl (C=S) groups is 1. The number of benzene rings is 1. The molecule has 1 aliphatic carbocycles. The molecule has 0 radical (unpaired) electrons. The fraction of sp³-hybridized carbons (Fsp3) is 0.400. The number of carbonyl (C=O) groups is 2. The van der Waals surface area contributed by atoms with Gasteiger partial charge in [0.15, 0.2) is 0 Å². The van der Waals surface area contributed by atoms with Gasteiger partial charge in [-0.05, 0) is 43.4 Å². The first-order valence-electron chi connectivity index (χ1n) is 11.1. The van der Waals surface area contributed by atoms with Crippen LogP contribution in [0.5, 0.6) is 0 Å². The average molecular weight is 469 g/mol. The number of allylic oxidation sites excluding steroid dienone is 3. The summed E-state index contributed by atoms with van der Waals surface area (Å²) in [5.74, 6) is -0.481. The predicted molar refractivity (Wildman–Crippen MR) is 132 cm³/mol. The van der Waals surface area contributed by atoms with Crippen molar-refractivity contribution in [3.05, 3.63) is 70.3 Å². The van der Waals surface area contributed by atoms with Crippen LogP contribution in [0.25, 0.3) is 0 Å². The molecule has 1 amide bonds. The van der Waals surface area contributed by atoms with Crippen molar-refractivity contribution in [3.8, 4) is 0 Å². The largest absolute Gasteiger partial charge is 0.481 e. The number of carboxylic acids is 1. The Morgan fingerprint density at radius 3 is 2.81 bits per heavy atom. The molecule has 2 heterocycles. The molecule has 0 aromatic heterocycles. The zero-order valence-corrected chi connectivity index (χ0v) is 19.8. The van der Waals surface area contributed by atoms with E-state index in [4.69, 9.17) is 17.3 Å². The Bertz CT molecular complexity index is 1000. The van der Waals surface area contributed by atoms with E-state index < -0.39 is 5.97 Å². The van der Waals surface area contributed by atoms with Gasteiger partial charge in [0.2, 0.25) is 0 Å².